The summed E-state index contributed by atoms with van der Waals surface area (Å²) in [5.41, 5.74) is 0.905. The van der Waals surface area contributed by atoms with Gasteiger partial charge in [-0.25, -0.2) is 9.97 Å². The molecule has 0 aliphatic carbocycles. The molecule has 1 N–H and O–H groups in total. The van der Waals surface area contributed by atoms with Gasteiger partial charge in [0.25, 0.3) is 0 Å². The summed E-state index contributed by atoms with van der Waals surface area (Å²) in [7, 11) is 0. The molecule has 0 spiro atoms. The Hall–Kier alpha value is -1.91. The van der Waals surface area contributed by atoms with Crippen molar-refractivity contribution in [1.82, 2.24) is 14.4 Å². The molecule has 0 saturated carbocycles. The van der Waals surface area contributed by atoms with E-state index < -0.39 is 5.97 Å². The van der Waals surface area contributed by atoms with Gasteiger partial charge in [0.05, 0.1) is 6.42 Å². The Bertz CT molecular complexity index is 492. The van der Waals surface area contributed by atoms with Crippen molar-refractivity contribution in [2.45, 2.75) is 19.3 Å². The molecular weight excluding hydrogens is 194 g/mol. The molecule has 0 bridgehead atoms. The van der Waals surface area contributed by atoms with E-state index >= 15 is 0 Å². The van der Waals surface area contributed by atoms with Crippen molar-refractivity contribution in [2.24, 2.45) is 0 Å². The van der Waals surface area contributed by atoms with E-state index in [4.69, 9.17) is 5.11 Å². The van der Waals surface area contributed by atoms with Crippen LogP contribution >= 0.6 is 0 Å². The second kappa shape index (κ2) is 3.68. The summed E-state index contributed by atoms with van der Waals surface area (Å²) in [5.74, 6) is -0.212. The fraction of sp³-hybridized carbons (Fsp3) is 0.300. The maximum Gasteiger partial charge on any atom is 0.303 e. The molecule has 2 heterocycles. The highest BCUT2D eigenvalue weighted by atomic mass is 16.4. The highest BCUT2D eigenvalue weighted by Gasteiger charge is 2.11. The van der Waals surface area contributed by atoms with Crippen LogP contribution in [0.25, 0.3) is 5.78 Å². The average Bonchev–Trinajstić information content (AvgIpc) is 2.62. The molecular formula is C10H11N3O2. The van der Waals surface area contributed by atoms with Crippen LogP contribution in [0, 0.1) is 0 Å². The molecule has 1 atom stereocenters. The van der Waals surface area contributed by atoms with Crippen molar-refractivity contribution in [3.8, 4) is 0 Å². The van der Waals surface area contributed by atoms with Crippen molar-refractivity contribution in [1.29, 1.82) is 0 Å². The minimum absolute atomic E-state index is 0.0400. The number of carboxylic acid groups (broad SMARTS) is 1. The summed E-state index contributed by atoms with van der Waals surface area (Å²) in [4.78, 5) is 18.7. The smallest absolute Gasteiger partial charge is 0.303 e. The van der Waals surface area contributed by atoms with Crippen molar-refractivity contribution in [3.63, 3.8) is 0 Å². The lowest BCUT2D eigenvalue weighted by Gasteiger charge is -2.08. The molecule has 0 amide bonds. The van der Waals surface area contributed by atoms with Gasteiger partial charge in [0.15, 0.2) is 0 Å². The number of hydrogen-bond donors (Lipinski definition) is 1. The molecule has 5 heteroatoms. The normalized spacial score (nSPS) is 12.9. The number of carbonyl (C=O) groups is 1. The minimum atomic E-state index is -0.798. The summed E-state index contributed by atoms with van der Waals surface area (Å²) in [6.07, 6.45) is 7.11. The Balaban J connectivity index is 2.30. The van der Waals surface area contributed by atoms with Gasteiger partial charge in [-0.3, -0.25) is 9.20 Å². The Kier molecular flexibility index (Phi) is 2.37. The molecule has 2 aromatic rings. The quantitative estimate of drug-likeness (QED) is 0.820. The zero-order chi connectivity index (χ0) is 10.8. The minimum Gasteiger partial charge on any atom is -0.481 e. The second-order valence-corrected chi connectivity index (χ2v) is 3.52. The second-order valence-electron chi connectivity index (χ2n) is 3.52. The molecule has 0 aliphatic rings. The van der Waals surface area contributed by atoms with Crippen LogP contribution in [0.4, 0.5) is 0 Å². The topological polar surface area (TPSA) is 67.5 Å². The molecule has 0 radical (unpaired) electrons. The molecule has 78 valence electrons. The van der Waals surface area contributed by atoms with Gasteiger partial charge in [-0.05, 0) is 11.5 Å². The molecule has 0 aliphatic heterocycles. The SMILES string of the molecule is CC(CC(=O)O)c1cnc2nccn2c1. The summed E-state index contributed by atoms with van der Waals surface area (Å²) in [6, 6.07) is 0. The number of aromatic nitrogens is 3. The largest absolute Gasteiger partial charge is 0.481 e. The van der Waals surface area contributed by atoms with Crippen LogP contribution in [0.15, 0.2) is 24.8 Å². The molecule has 2 rings (SSSR count). The fourth-order valence-corrected chi connectivity index (χ4v) is 1.47. The van der Waals surface area contributed by atoms with Gasteiger partial charge in [0.1, 0.15) is 0 Å². The van der Waals surface area contributed by atoms with Crippen LogP contribution in [0.5, 0.6) is 0 Å². The maximum atomic E-state index is 10.6. The van der Waals surface area contributed by atoms with Gasteiger partial charge in [-0.2, -0.15) is 0 Å². The van der Waals surface area contributed by atoms with Crippen LogP contribution in [-0.2, 0) is 4.79 Å². The number of nitrogens with zero attached hydrogens (tertiary/aromatic N) is 3. The van der Waals surface area contributed by atoms with Gasteiger partial charge in [-0.15, -0.1) is 0 Å². The first-order valence-electron chi connectivity index (χ1n) is 4.67. The van der Waals surface area contributed by atoms with E-state index in [9.17, 15) is 4.79 Å². The van der Waals surface area contributed by atoms with Crippen molar-refractivity contribution < 1.29 is 9.90 Å². The van der Waals surface area contributed by atoms with Gasteiger partial charge < -0.3 is 5.11 Å². The Labute approximate surface area is 86.4 Å². The highest BCUT2D eigenvalue weighted by Crippen LogP contribution is 2.17. The van der Waals surface area contributed by atoms with E-state index in [0.717, 1.165) is 5.56 Å². The van der Waals surface area contributed by atoms with E-state index in [1.807, 2.05) is 13.1 Å². The van der Waals surface area contributed by atoms with Crippen LogP contribution < -0.4 is 0 Å². The zero-order valence-electron chi connectivity index (χ0n) is 8.29. The maximum absolute atomic E-state index is 10.6. The predicted octanol–water partition coefficient (Wildman–Crippen LogP) is 1.31. The van der Waals surface area contributed by atoms with E-state index in [2.05, 4.69) is 9.97 Å². The summed E-state index contributed by atoms with van der Waals surface area (Å²) >= 11 is 0. The molecule has 1 unspecified atom stereocenters. The number of aliphatic carboxylic acids is 1. The summed E-state index contributed by atoms with van der Waals surface area (Å²) < 4.78 is 1.79. The number of fused-ring (bicyclic) bond motifs is 1. The van der Waals surface area contributed by atoms with Crippen LogP contribution in [-0.4, -0.2) is 25.4 Å². The predicted molar refractivity (Wildman–Crippen MR) is 53.7 cm³/mol. The first kappa shape index (κ1) is 9.64. The van der Waals surface area contributed by atoms with Crippen molar-refractivity contribution in [2.75, 3.05) is 0 Å². The Morgan fingerprint density at radius 1 is 1.60 bits per heavy atom. The number of imidazole rings is 1. The lowest BCUT2D eigenvalue weighted by Crippen LogP contribution is -2.04. The molecule has 0 fully saturated rings. The molecule has 2 aromatic heterocycles. The van der Waals surface area contributed by atoms with Gasteiger partial charge in [-0.1, -0.05) is 6.92 Å². The lowest BCUT2D eigenvalue weighted by atomic mass is 10.0. The number of carboxylic acids is 1. The highest BCUT2D eigenvalue weighted by molar-refractivity contribution is 5.67. The fourth-order valence-electron chi connectivity index (χ4n) is 1.47. The Morgan fingerprint density at radius 3 is 3.13 bits per heavy atom. The van der Waals surface area contributed by atoms with Gasteiger partial charge in [0, 0.05) is 24.8 Å². The molecule has 15 heavy (non-hydrogen) atoms. The van der Waals surface area contributed by atoms with Gasteiger partial charge >= 0.3 is 5.97 Å². The number of hydrogen-bond acceptors (Lipinski definition) is 3. The molecule has 5 nitrogen and oxygen atoms in total. The molecule has 0 saturated heterocycles. The Morgan fingerprint density at radius 2 is 2.40 bits per heavy atom. The third kappa shape index (κ3) is 1.96. The van der Waals surface area contributed by atoms with E-state index in [0.29, 0.717) is 5.78 Å². The third-order valence-electron chi connectivity index (χ3n) is 2.32. The lowest BCUT2D eigenvalue weighted by molar-refractivity contribution is -0.137. The first-order valence-corrected chi connectivity index (χ1v) is 4.67. The van der Waals surface area contributed by atoms with Crippen molar-refractivity contribution >= 4 is 11.7 Å². The monoisotopic (exact) mass is 205 g/mol. The average molecular weight is 205 g/mol. The first-order chi connectivity index (χ1) is 7.16. The third-order valence-corrected chi connectivity index (χ3v) is 2.32. The van der Waals surface area contributed by atoms with E-state index in [1.165, 1.54) is 0 Å². The summed E-state index contributed by atoms with van der Waals surface area (Å²) in [6.45, 7) is 1.87. The standard InChI is InChI=1S/C10H11N3O2/c1-7(4-9(14)15)8-5-12-10-11-2-3-13(10)6-8/h2-3,5-7H,4H2,1H3,(H,14,15). The summed E-state index contributed by atoms with van der Waals surface area (Å²) in [5, 5.41) is 8.68. The number of rotatable bonds is 3. The van der Waals surface area contributed by atoms with Crippen LogP contribution in [0.1, 0.15) is 24.8 Å². The van der Waals surface area contributed by atoms with E-state index in [1.54, 1.807) is 23.0 Å². The van der Waals surface area contributed by atoms with E-state index in [-0.39, 0.29) is 12.3 Å². The van der Waals surface area contributed by atoms with Crippen LogP contribution in [0.2, 0.25) is 0 Å². The van der Waals surface area contributed by atoms with Crippen molar-refractivity contribution in [3.05, 3.63) is 30.4 Å². The van der Waals surface area contributed by atoms with Gasteiger partial charge in [0.2, 0.25) is 5.78 Å². The zero-order valence-corrected chi connectivity index (χ0v) is 8.29. The molecule has 0 aromatic carbocycles. The van der Waals surface area contributed by atoms with Crippen LogP contribution in [0.3, 0.4) is 0 Å².